The fourth-order valence-electron chi connectivity index (χ4n) is 2.64. The van der Waals surface area contributed by atoms with Gasteiger partial charge >= 0.3 is 11.9 Å². The first kappa shape index (κ1) is 13.9. The molecule has 4 rings (SSSR count). The van der Waals surface area contributed by atoms with E-state index in [1.54, 1.807) is 18.2 Å². The molecule has 2 aromatic carbocycles. The number of aliphatic hydroxyl groups is 2. The molecule has 2 unspecified atom stereocenters. The number of benzene rings is 2. The van der Waals surface area contributed by atoms with E-state index in [4.69, 9.17) is 9.47 Å². The highest BCUT2D eigenvalue weighted by atomic mass is 16.7. The zero-order valence-electron chi connectivity index (χ0n) is 11.6. The number of hydrogen-bond donors (Lipinski definition) is 2. The topological polar surface area (TPSA) is 102 Å². The molecule has 2 aromatic rings. The van der Waals surface area contributed by atoms with Gasteiger partial charge in [-0.1, -0.05) is 6.07 Å². The van der Waals surface area contributed by atoms with Crippen LogP contribution in [0.3, 0.4) is 0 Å². The van der Waals surface area contributed by atoms with Crippen LogP contribution in [0.25, 0.3) is 0 Å². The van der Waals surface area contributed by atoms with Gasteiger partial charge in [0.05, 0.1) is 5.56 Å². The zero-order valence-corrected chi connectivity index (χ0v) is 11.6. The van der Waals surface area contributed by atoms with Crippen molar-refractivity contribution in [3.63, 3.8) is 0 Å². The van der Waals surface area contributed by atoms with Crippen LogP contribution in [-0.2, 0) is 9.47 Å². The van der Waals surface area contributed by atoms with E-state index in [1.165, 1.54) is 18.2 Å². The number of cyclic esters (lactones) is 2. The second kappa shape index (κ2) is 4.88. The number of aliphatic hydroxyl groups excluding tert-OH is 2. The van der Waals surface area contributed by atoms with E-state index in [-0.39, 0.29) is 16.9 Å². The summed E-state index contributed by atoms with van der Waals surface area (Å²) in [5, 5.41) is 19.3. The fourth-order valence-corrected chi connectivity index (χ4v) is 2.64. The number of ether oxygens (including phenoxy) is 3. The van der Waals surface area contributed by atoms with Crippen molar-refractivity contribution >= 4 is 11.9 Å². The molecule has 2 aliphatic heterocycles. The molecule has 2 heterocycles. The highest BCUT2D eigenvalue weighted by Gasteiger charge is 2.34. The molecule has 2 atom stereocenters. The average Bonchev–Trinajstić information content (AvgIpc) is 2.97. The Morgan fingerprint density at radius 1 is 0.957 bits per heavy atom. The van der Waals surface area contributed by atoms with Gasteiger partial charge < -0.3 is 24.4 Å². The molecule has 0 aliphatic carbocycles. The Bertz CT molecular complexity index is 842. The predicted octanol–water partition coefficient (Wildman–Crippen LogP) is 1.80. The highest BCUT2D eigenvalue weighted by Crippen LogP contribution is 2.39. The lowest BCUT2D eigenvalue weighted by molar-refractivity contribution is -0.193. The molecule has 7 heteroatoms. The molecular weight excluding hydrogens is 304 g/mol. The van der Waals surface area contributed by atoms with Gasteiger partial charge in [0.2, 0.25) is 0 Å². The van der Waals surface area contributed by atoms with Gasteiger partial charge in [0.1, 0.15) is 17.1 Å². The second-order valence-corrected chi connectivity index (χ2v) is 5.09. The summed E-state index contributed by atoms with van der Waals surface area (Å²) in [6.07, 6.45) is -2.45. The van der Waals surface area contributed by atoms with E-state index in [9.17, 15) is 19.8 Å². The van der Waals surface area contributed by atoms with Crippen molar-refractivity contribution in [3.8, 4) is 11.5 Å². The Morgan fingerprint density at radius 3 is 2.57 bits per heavy atom. The van der Waals surface area contributed by atoms with Crippen LogP contribution >= 0.6 is 0 Å². The Hall–Kier alpha value is -2.74. The summed E-state index contributed by atoms with van der Waals surface area (Å²) in [6.45, 7) is 0. The first-order valence-corrected chi connectivity index (χ1v) is 6.77. The first-order chi connectivity index (χ1) is 11.0. The van der Waals surface area contributed by atoms with Crippen molar-refractivity contribution in [2.24, 2.45) is 0 Å². The Kier molecular flexibility index (Phi) is 2.95. The quantitative estimate of drug-likeness (QED) is 0.643. The minimum absolute atomic E-state index is 0.0647. The molecule has 0 saturated heterocycles. The van der Waals surface area contributed by atoms with Crippen LogP contribution in [-0.4, -0.2) is 22.2 Å². The highest BCUT2D eigenvalue weighted by molar-refractivity contribution is 6.16. The summed E-state index contributed by atoms with van der Waals surface area (Å²) in [4.78, 5) is 23.3. The Morgan fingerprint density at radius 2 is 1.74 bits per heavy atom. The van der Waals surface area contributed by atoms with Gasteiger partial charge in [0, 0.05) is 11.1 Å². The summed E-state index contributed by atoms with van der Waals surface area (Å²) in [6, 6.07) is 9.20. The minimum Gasteiger partial charge on any atom is -0.456 e. The third-order valence-corrected chi connectivity index (χ3v) is 3.71. The molecular formula is C16H10O7. The normalized spacial score (nSPS) is 21.8. The molecule has 0 aromatic heterocycles. The summed E-state index contributed by atoms with van der Waals surface area (Å²) in [5.41, 5.74) is 1.03. The van der Waals surface area contributed by atoms with Gasteiger partial charge in [-0.3, -0.25) is 0 Å². The largest absolute Gasteiger partial charge is 0.456 e. The lowest BCUT2D eigenvalue weighted by atomic mass is 10.1. The van der Waals surface area contributed by atoms with Crippen molar-refractivity contribution in [1.29, 1.82) is 0 Å². The third kappa shape index (κ3) is 2.10. The van der Waals surface area contributed by atoms with Crippen LogP contribution in [0.15, 0.2) is 36.4 Å². The maximum Gasteiger partial charge on any atom is 0.350 e. The molecule has 23 heavy (non-hydrogen) atoms. The van der Waals surface area contributed by atoms with Crippen molar-refractivity contribution in [3.05, 3.63) is 58.7 Å². The van der Waals surface area contributed by atoms with Crippen LogP contribution in [0.4, 0.5) is 0 Å². The molecule has 0 amide bonds. The van der Waals surface area contributed by atoms with Crippen molar-refractivity contribution in [2.45, 2.75) is 12.6 Å². The number of rotatable bonds is 2. The van der Waals surface area contributed by atoms with Gasteiger partial charge in [-0.2, -0.15) is 0 Å². The number of carbonyl (C=O) groups is 2. The van der Waals surface area contributed by atoms with Crippen LogP contribution in [0, 0.1) is 0 Å². The van der Waals surface area contributed by atoms with Crippen molar-refractivity contribution in [2.75, 3.05) is 0 Å². The number of fused-ring (bicyclic) bond motifs is 2. The van der Waals surface area contributed by atoms with E-state index >= 15 is 0 Å². The maximum absolute atomic E-state index is 11.8. The molecule has 0 fully saturated rings. The molecule has 2 N–H and O–H groups in total. The zero-order chi connectivity index (χ0) is 16.1. The van der Waals surface area contributed by atoms with Crippen LogP contribution < -0.4 is 4.74 Å². The fraction of sp³-hybridized carbons (Fsp3) is 0.125. The molecule has 2 aliphatic rings. The van der Waals surface area contributed by atoms with E-state index in [0.29, 0.717) is 16.9 Å². The summed E-state index contributed by atoms with van der Waals surface area (Å²) in [7, 11) is 0. The first-order valence-electron chi connectivity index (χ1n) is 6.77. The lowest BCUT2D eigenvalue weighted by Crippen LogP contribution is -1.99. The molecule has 7 nitrogen and oxygen atoms in total. The van der Waals surface area contributed by atoms with E-state index in [0.717, 1.165) is 0 Å². The second-order valence-electron chi connectivity index (χ2n) is 5.09. The number of esters is 2. The monoisotopic (exact) mass is 314 g/mol. The lowest BCUT2D eigenvalue weighted by Gasteiger charge is -2.10. The van der Waals surface area contributed by atoms with Crippen LogP contribution in [0.5, 0.6) is 11.5 Å². The van der Waals surface area contributed by atoms with Gasteiger partial charge in [0.15, 0.2) is 12.6 Å². The average molecular weight is 314 g/mol. The van der Waals surface area contributed by atoms with Gasteiger partial charge in [-0.25, -0.2) is 9.59 Å². The molecule has 0 saturated carbocycles. The van der Waals surface area contributed by atoms with Gasteiger partial charge in [-0.15, -0.1) is 0 Å². The predicted molar refractivity (Wildman–Crippen MR) is 73.7 cm³/mol. The Balaban J connectivity index is 1.72. The van der Waals surface area contributed by atoms with Gasteiger partial charge in [0.25, 0.3) is 0 Å². The summed E-state index contributed by atoms with van der Waals surface area (Å²) in [5.74, 6) is -0.981. The molecule has 0 bridgehead atoms. The molecule has 0 spiro atoms. The van der Waals surface area contributed by atoms with Crippen LogP contribution in [0.1, 0.15) is 44.4 Å². The smallest absolute Gasteiger partial charge is 0.350 e. The van der Waals surface area contributed by atoms with E-state index in [1.807, 2.05) is 0 Å². The standard InChI is InChI=1S/C16H10O7/c17-13-8-5-4-7(6-10(8)15(19)22-13)21-11-3-1-2-9-12(11)16(20)23-14(9)18/h1-6,13,15,17,19H. The number of hydrogen-bond acceptors (Lipinski definition) is 7. The maximum atomic E-state index is 11.8. The minimum atomic E-state index is -1.25. The molecule has 116 valence electrons. The van der Waals surface area contributed by atoms with Crippen molar-refractivity contribution in [1.82, 2.24) is 0 Å². The Labute approximate surface area is 129 Å². The summed E-state index contributed by atoms with van der Waals surface area (Å²) >= 11 is 0. The molecule has 0 radical (unpaired) electrons. The number of carbonyl (C=O) groups excluding carboxylic acids is 2. The third-order valence-electron chi connectivity index (χ3n) is 3.71. The van der Waals surface area contributed by atoms with E-state index in [2.05, 4.69) is 4.74 Å². The summed E-state index contributed by atoms with van der Waals surface area (Å²) < 4.78 is 15.1. The van der Waals surface area contributed by atoms with Gasteiger partial charge in [-0.05, 0) is 30.3 Å². The van der Waals surface area contributed by atoms with E-state index < -0.39 is 24.5 Å². The SMILES string of the molecule is O=C1OC(=O)c2c(Oc3ccc4c(c3)C(O)OC4O)cccc21. The van der Waals surface area contributed by atoms with Crippen LogP contribution in [0.2, 0.25) is 0 Å². The van der Waals surface area contributed by atoms with Crippen molar-refractivity contribution < 1.29 is 34.0 Å².